The van der Waals surface area contributed by atoms with Crippen LogP contribution >= 0.6 is 0 Å². The van der Waals surface area contributed by atoms with Gasteiger partial charge in [0.25, 0.3) is 0 Å². The van der Waals surface area contributed by atoms with Crippen LogP contribution in [0.5, 0.6) is 0 Å². The van der Waals surface area contributed by atoms with Crippen LogP contribution in [0.15, 0.2) is 34.9 Å². The summed E-state index contributed by atoms with van der Waals surface area (Å²) in [6.07, 6.45) is 5.93. The number of sulfonamides is 1. The Morgan fingerprint density at radius 3 is 2.79 bits per heavy atom. The Morgan fingerprint density at radius 1 is 1.32 bits per heavy atom. The number of hydrogen-bond donors (Lipinski definition) is 1. The summed E-state index contributed by atoms with van der Waals surface area (Å²) in [6, 6.07) is 5.79. The third kappa shape index (κ3) is 5.62. The summed E-state index contributed by atoms with van der Waals surface area (Å²) in [6.45, 7) is 0.861. The molecule has 2 heterocycles. The standard InChI is InChI=1S/C19H24FN3O4S/c1-28(25,26)22-12-16-4-2-3-11-23(16)19(24)10-9-18-21-13-17(27-18)14-5-7-15(20)8-6-14/h5-8,13,16,22H,2-4,9-12H2,1H3. The molecule has 1 aliphatic rings. The Labute approximate surface area is 164 Å². The summed E-state index contributed by atoms with van der Waals surface area (Å²) in [5, 5.41) is 0. The number of likely N-dealkylation sites (tertiary alicyclic amines) is 1. The van der Waals surface area contributed by atoms with Crippen molar-refractivity contribution in [3.05, 3.63) is 42.2 Å². The second kappa shape index (κ2) is 8.83. The van der Waals surface area contributed by atoms with E-state index in [1.54, 1.807) is 23.2 Å². The molecule has 1 unspecified atom stereocenters. The molecule has 7 nitrogen and oxygen atoms in total. The average molecular weight is 409 g/mol. The number of halogens is 1. The highest BCUT2D eigenvalue weighted by molar-refractivity contribution is 7.88. The smallest absolute Gasteiger partial charge is 0.223 e. The number of rotatable bonds is 7. The number of amides is 1. The van der Waals surface area contributed by atoms with Crippen molar-refractivity contribution < 1.29 is 22.0 Å². The number of carbonyl (C=O) groups is 1. The molecule has 1 amide bonds. The van der Waals surface area contributed by atoms with E-state index in [0.717, 1.165) is 31.1 Å². The highest BCUT2D eigenvalue weighted by atomic mass is 32.2. The molecule has 1 atom stereocenters. The molecule has 0 saturated carbocycles. The molecule has 0 spiro atoms. The Kier molecular flexibility index (Phi) is 6.46. The average Bonchev–Trinajstić information content (AvgIpc) is 3.14. The Hall–Kier alpha value is -2.26. The molecular weight excluding hydrogens is 385 g/mol. The number of piperidine rings is 1. The summed E-state index contributed by atoms with van der Waals surface area (Å²) in [5.41, 5.74) is 0.717. The molecule has 152 valence electrons. The molecule has 3 rings (SSSR count). The Balaban J connectivity index is 1.57. The van der Waals surface area contributed by atoms with Crippen molar-refractivity contribution in [2.45, 2.75) is 38.1 Å². The minimum absolute atomic E-state index is 0.0402. The fraction of sp³-hybridized carbons (Fsp3) is 0.474. The van der Waals surface area contributed by atoms with E-state index >= 15 is 0 Å². The summed E-state index contributed by atoms with van der Waals surface area (Å²) in [4.78, 5) is 18.6. The van der Waals surface area contributed by atoms with Crippen molar-refractivity contribution in [2.24, 2.45) is 0 Å². The first kappa shape index (κ1) is 20.5. The number of carbonyl (C=O) groups excluding carboxylic acids is 1. The molecule has 1 aliphatic heterocycles. The van der Waals surface area contributed by atoms with E-state index in [2.05, 4.69) is 9.71 Å². The number of aromatic nitrogens is 1. The minimum atomic E-state index is -3.29. The molecule has 9 heteroatoms. The third-order valence-corrected chi connectivity index (χ3v) is 5.45. The number of benzene rings is 1. The molecule has 1 aromatic carbocycles. The fourth-order valence-electron chi connectivity index (χ4n) is 3.32. The van der Waals surface area contributed by atoms with Gasteiger partial charge in [0, 0.05) is 37.5 Å². The maximum Gasteiger partial charge on any atom is 0.223 e. The van der Waals surface area contributed by atoms with Gasteiger partial charge in [-0.2, -0.15) is 0 Å². The predicted octanol–water partition coefficient (Wildman–Crippen LogP) is 2.34. The maximum atomic E-state index is 13.0. The first-order chi connectivity index (χ1) is 13.3. The lowest BCUT2D eigenvalue weighted by Gasteiger charge is -2.35. The van der Waals surface area contributed by atoms with Crippen molar-refractivity contribution in [3.8, 4) is 11.3 Å². The van der Waals surface area contributed by atoms with E-state index in [4.69, 9.17) is 4.42 Å². The van der Waals surface area contributed by atoms with Crippen molar-refractivity contribution in [3.63, 3.8) is 0 Å². The highest BCUT2D eigenvalue weighted by Gasteiger charge is 2.27. The summed E-state index contributed by atoms with van der Waals surface area (Å²) < 4.78 is 43.9. The maximum absolute atomic E-state index is 13.0. The Morgan fingerprint density at radius 2 is 2.07 bits per heavy atom. The molecule has 2 aromatic rings. The second-order valence-electron chi connectivity index (χ2n) is 6.98. The monoisotopic (exact) mass is 409 g/mol. The molecule has 1 fully saturated rings. The van der Waals surface area contributed by atoms with Gasteiger partial charge in [-0.3, -0.25) is 4.79 Å². The van der Waals surface area contributed by atoms with Crippen LogP contribution in [0.4, 0.5) is 4.39 Å². The molecule has 1 aromatic heterocycles. The lowest BCUT2D eigenvalue weighted by atomic mass is 10.0. The number of oxazole rings is 1. The molecule has 0 bridgehead atoms. The number of hydrogen-bond acceptors (Lipinski definition) is 5. The summed E-state index contributed by atoms with van der Waals surface area (Å²) in [7, 11) is -3.29. The van der Waals surface area contributed by atoms with Crippen LogP contribution in [0.3, 0.4) is 0 Å². The van der Waals surface area contributed by atoms with Gasteiger partial charge in [0.2, 0.25) is 15.9 Å². The van der Waals surface area contributed by atoms with Crippen molar-refractivity contribution >= 4 is 15.9 Å². The van der Waals surface area contributed by atoms with Crippen molar-refractivity contribution in [1.29, 1.82) is 0 Å². The molecule has 28 heavy (non-hydrogen) atoms. The van der Waals surface area contributed by atoms with Crippen LogP contribution in [0.25, 0.3) is 11.3 Å². The summed E-state index contributed by atoms with van der Waals surface area (Å²) >= 11 is 0. The van der Waals surface area contributed by atoms with Gasteiger partial charge >= 0.3 is 0 Å². The van der Waals surface area contributed by atoms with Gasteiger partial charge in [0.1, 0.15) is 5.82 Å². The number of nitrogens with one attached hydrogen (secondary N) is 1. The first-order valence-electron chi connectivity index (χ1n) is 9.26. The van der Waals surface area contributed by atoms with Gasteiger partial charge in [0.05, 0.1) is 12.5 Å². The van der Waals surface area contributed by atoms with Gasteiger partial charge in [-0.1, -0.05) is 0 Å². The predicted molar refractivity (Wildman–Crippen MR) is 102 cm³/mol. The largest absolute Gasteiger partial charge is 0.441 e. The van der Waals surface area contributed by atoms with Crippen LogP contribution in [-0.2, 0) is 21.2 Å². The zero-order chi connectivity index (χ0) is 20.1. The minimum Gasteiger partial charge on any atom is -0.441 e. The number of nitrogens with zero attached hydrogens (tertiary/aromatic N) is 2. The van der Waals surface area contributed by atoms with Gasteiger partial charge < -0.3 is 9.32 Å². The van der Waals surface area contributed by atoms with Crippen LogP contribution in [-0.4, -0.2) is 49.6 Å². The van der Waals surface area contributed by atoms with Crippen LogP contribution in [0, 0.1) is 5.82 Å². The van der Waals surface area contributed by atoms with E-state index in [1.165, 1.54) is 12.1 Å². The van der Waals surface area contributed by atoms with Crippen LogP contribution in [0.2, 0.25) is 0 Å². The van der Waals surface area contributed by atoms with Gasteiger partial charge in [-0.15, -0.1) is 0 Å². The molecule has 1 saturated heterocycles. The zero-order valence-corrected chi connectivity index (χ0v) is 16.5. The van der Waals surface area contributed by atoms with Crippen molar-refractivity contribution in [1.82, 2.24) is 14.6 Å². The van der Waals surface area contributed by atoms with E-state index in [0.29, 0.717) is 24.6 Å². The molecular formula is C19H24FN3O4S. The van der Waals surface area contributed by atoms with Gasteiger partial charge in [0.15, 0.2) is 11.7 Å². The fourth-order valence-corrected chi connectivity index (χ4v) is 3.81. The topological polar surface area (TPSA) is 92.5 Å². The van der Waals surface area contributed by atoms with E-state index in [1.807, 2.05) is 0 Å². The van der Waals surface area contributed by atoms with E-state index in [9.17, 15) is 17.6 Å². The SMILES string of the molecule is CS(=O)(=O)NCC1CCCCN1C(=O)CCc1ncc(-c2ccc(F)cc2)o1. The first-order valence-corrected chi connectivity index (χ1v) is 11.2. The lowest BCUT2D eigenvalue weighted by Crippen LogP contribution is -2.49. The molecule has 1 N–H and O–H groups in total. The van der Waals surface area contributed by atoms with Gasteiger partial charge in [-0.25, -0.2) is 22.5 Å². The van der Waals surface area contributed by atoms with E-state index < -0.39 is 10.0 Å². The highest BCUT2D eigenvalue weighted by Crippen LogP contribution is 2.22. The normalized spacial score (nSPS) is 17.6. The lowest BCUT2D eigenvalue weighted by molar-refractivity contribution is -0.134. The summed E-state index contributed by atoms with van der Waals surface area (Å²) in [5.74, 6) is 0.600. The quantitative estimate of drug-likeness (QED) is 0.758. The van der Waals surface area contributed by atoms with Crippen molar-refractivity contribution in [2.75, 3.05) is 19.3 Å². The molecule has 0 radical (unpaired) electrons. The second-order valence-corrected chi connectivity index (χ2v) is 8.82. The molecule has 0 aliphatic carbocycles. The van der Waals surface area contributed by atoms with Gasteiger partial charge in [-0.05, 0) is 43.5 Å². The third-order valence-electron chi connectivity index (χ3n) is 4.76. The zero-order valence-electron chi connectivity index (χ0n) is 15.7. The van der Waals surface area contributed by atoms with Crippen LogP contribution in [0.1, 0.15) is 31.6 Å². The number of aryl methyl sites for hydroxylation is 1. The Bertz CT molecular complexity index is 912. The van der Waals surface area contributed by atoms with Crippen LogP contribution < -0.4 is 4.72 Å². The van der Waals surface area contributed by atoms with E-state index in [-0.39, 0.29) is 30.7 Å².